The Morgan fingerprint density at radius 2 is 1.74 bits per heavy atom. The van der Waals surface area contributed by atoms with Gasteiger partial charge in [0, 0.05) is 29.6 Å². The summed E-state index contributed by atoms with van der Waals surface area (Å²) in [6, 6.07) is 23.4. The zero-order valence-corrected chi connectivity index (χ0v) is 20.0. The summed E-state index contributed by atoms with van der Waals surface area (Å²) in [5.41, 5.74) is 4.27. The summed E-state index contributed by atoms with van der Waals surface area (Å²) < 4.78 is 28.1. The highest BCUT2D eigenvalue weighted by Crippen LogP contribution is 2.26. The third-order valence-electron chi connectivity index (χ3n) is 5.84. The van der Waals surface area contributed by atoms with Crippen molar-refractivity contribution in [2.45, 2.75) is 24.7 Å². The molecule has 0 bridgehead atoms. The third kappa shape index (κ3) is 4.93. The van der Waals surface area contributed by atoms with Gasteiger partial charge in [-0.2, -0.15) is 0 Å². The second-order valence-corrected chi connectivity index (χ2v) is 10.1. The molecule has 35 heavy (non-hydrogen) atoms. The number of sulfonamides is 1. The first-order valence-electron chi connectivity index (χ1n) is 11.3. The molecule has 2 N–H and O–H groups in total. The van der Waals surface area contributed by atoms with Gasteiger partial charge in [0.05, 0.1) is 21.7 Å². The second-order valence-electron chi connectivity index (χ2n) is 8.46. The molecule has 0 saturated carbocycles. The van der Waals surface area contributed by atoms with E-state index in [1.807, 2.05) is 55.5 Å². The van der Waals surface area contributed by atoms with Gasteiger partial charge < -0.3 is 5.32 Å². The van der Waals surface area contributed by atoms with E-state index in [-0.39, 0.29) is 10.8 Å². The van der Waals surface area contributed by atoms with E-state index in [4.69, 9.17) is 4.98 Å². The van der Waals surface area contributed by atoms with Gasteiger partial charge in [0.15, 0.2) is 0 Å². The number of nitrogens with zero attached hydrogens (tertiary/aromatic N) is 2. The van der Waals surface area contributed by atoms with Crippen molar-refractivity contribution >= 4 is 38.4 Å². The van der Waals surface area contributed by atoms with Gasteiger partial charge in [0.25, 0.3) is 15.9 Å². The van der Waals surface area contributed by atoms with Crippen LogP contribution in [-0.2, 0) is 10.0 Å². The maximum Gasteiger partial charge on any atom is 0.262 e. The van der Waals surface area contributed by atoms with Crippen molar-refractivity contribution in [1.82, 2.24) is 9.71 Å². The minimum absolute atomic E-state index is 0.0600. The van der Waals surface area contributed by atoms with Crippen LogP contribution in [0.2, 0.25) is 0 Å². The van der Waals surface area contributed by atoms with Crippen LogP contribution in [0.15, 0.2) is 88.8 Å². The number of aryl methyl sites for hydroxylation is 1. The normalized spacial score (nSPS) is 13.5. The number of fused-ring (bicyclic) bond motifs is 1. The molecule has 8 heteroatoms. The first-order valence-corrected chi connectivity index (χ1v) is 12.8. The molecule has 5 rings (SSSR count). The predicted molar refractivity (Wildman–Crippen MR) is 138 cm³/mol. The molecule has 176 valence electrons. The lowest BCUT2D eigenvalue weighted by Crippen LogP contribution is -2.29. The Balaban J connectivity index is 1.47. The molecule has 1 aliphatic heterocycles. The summed E-state index contributed by atoms with van der Waals surface area (Å²) >= 11 is 0. The van der Waals surface area contributed by atoms with Crippen LogP contribution in [0.3, 0.4) is 0 Å². The van der Waals surface area contributed by atoms with E-state index in [0.29, 0.717) is 46.6 Å². The maximum absolute atomic E-state index is 13.4. The monoisotopic (exact) mass is 484 g/mol. The van der Waals surface area contributed by atoms with E-state index in [1.54, 1.807) is 18.2 Å². The summed E-state index contributed by atoms with van der Waals surface area (Å²) in [5, 5.41) is 3.57. The van der Waals surface area contributed by atoms with Gasteiger partial charge in [-0.1, -0.05) is 54.1 Å². The Kier molecular flexibility index (Phi) is 6.05. The van der Waals surface area contributed by atoms with Crippen LogP contribution in [0.1, 0.15) is 28.8 Å². The summed E-state index contributed by atoms with van der Waals surface area (Å²) in [6.07, 6.45) is 1.44. The lowest BCUT2D eigenvalue weighted by atomic mass is 10.0. The van der Waals surface area contributed by atoms with Crippen molar-refractivity contribution in [3.8, 4) is 11.3 Å². The second kappa shape index (κ2) is 9.31. The van der Waals surface area contributed by atoms with Crippen LogP contribution >= 0.6 is 0 Å². The van der Waals surface area contributed by atoms with E-state index < -0.39 is 10.0 Å². The van der Waals surface area contributed by atoms with E-state index in [1.165, 1.54) is 12.1 Å². The van der Waals surface area contributed by atoms with Crippen LogP contribution in [0.25, 0.3) is 22.2 Å². The number of amidine groups is 1. The smallest absolute Gasteiger partial charge is 0.262 e. The number of hydrogen-bond donors (Lipinski definition) is 2. The molecule has 0 unspecified atom stereocenters. The van der Waals surface area contributed by atoms with Gasteiger partial charge in [0.2, 0.25) is 0 Å². The van der Waals surface area contributed by atoms with Gasteiger partial charge in [-0.3, -0.25) is 14.5 Å². The molecule has 3 aromatic carbocycles. The number of carbonyl (C=O) groups excluding carboxylic acids is 1. The lowest BCUT2D eigenvalue weighted by molar-refractivity contribution is 0.102. The number of carbonyl (C=O) groups is 1. The fourth-order valence-corrected chi connectivity index (χ4v) is 5.15. The highest BCUT2D eigenvalue weighted by molar-refractivity contribution is 7.90. The summed E-state index contributed by atoms with van der Waals surface area (Å²) in [4.78, 5) is 22.4. The van der Waals surface area contributed by atoms with Crippen LogP contribution in [0.5, 0.6) is 0 Å². The van der Waals surface area contributed by atoms with Gasteiger partial charge in [0.1, 0.15) is 5.84 Å². The number of aromatic nitrogens is 1. The SMILES string of the molecule is Cc1ccc(-c2cc(C(=O)Nc3cccc(S(=O)(=O)NC4=NCCC4)c3)c3ccccc3n2)cc1. The largest absolute Gasteiger partial charge is 0.322 e. The van der Waals surface area contributed by atoms with Crippen molar-refractivity contribution in [3.63, 3.8) is 0 Å². The zero-order valence-electron chi connectivity index (χ0n) is 19.2. The predicted octanol–water partition coefficient (Wildman–Crippen LogP) is 4.93. The summed E-state index contributed by atoms with van der Waals surface area (Å²) in [7, 11) is -3.79. The molecular weight excluding hydrogens is 460 g/mol. The molecule has 0 spiro atoms. The van der Waals surface area contributed by atoms with Crippen molar-refractivity contribution < 1.29 is 13.2 Å². The average Bonchev–Trinajstić information content (AvgIpc) is 3.36. The third-order valence-corrected chi connectivity index (χ3v) is 7.22. The van der Waals surface area contributed by atoms with E-state index >= 15 is 0 Å². The topological polar surface area (TPSA) is 101 Å². The van der Waals surface area contributed by atoms with Gasteiger partial charge in [-0.05, 0) is 43.7 Å². The number of nitrogens with one attached hydrogen (secondary N) is 2. The van der Waals surface area contributed by atoms with Crippen molar-refractivity contribution in [3.05, 3.63) is 90.0 Å². The molecular formula is C27H24N4O3S. The van der Waals surface area contributed by atoms with Crippen LogP contribution in [-0.4, -0.2) is 31.7 Å². The van der Waals surface area contributed by atoms with Crippen molar-refractivity contribution in [2.24, 2.45) is 4.99 Å². The Hall–Kier alpha value is -4.04. The van der Waals surface area contributed by atoms with Crippen molar-refractivity contribution in [2.75, 3.05) is 11.9 Å². The fraction of sp³-hybridized carbons (Fsp3) is 0.148. The minimum atomic E-state index is -3.79. The number of anilines is 1. The summed E-state index contributed by atoms with van der Waals surface area (Å²) in [5.74, 6) is 0.117. The maximum atomic E-state index is 13.4. The number of amides is 1. The highest BCUT2D eigenvalue weighted by Gasteiger charge is 2.20. The number of aliphatic imine (C=N–C) groups is 1. The number of hydrogen-bond acceptors (Lipinski definition) is 5. The molecule has 0 fully saturated rings. The van der Waals surface area contributed by atoms with Gasteiger partial charge in [-0.25, -0.2) is 13.4 Å². The van der Waals surface area contributed by atoms with E-state index in [0.717, 1.165) is 17.5 Å². The van der Waals surface area contributed by atoms with E-state index in [2.05, 4.69) is 15.0 Å². The standard InChI is InChI=1S/C27H24N4O3S/c1-18-11-13-19(14-12-18)25-17-23(22-8-2-3-9-24(22)30-25)27(32)29-20-6-4-7-21(16-20)35(33,34)31-26-10-5-15-28-26/h2-4,6-9,11-14,16-17H,5,10,15H2,1H3,(H,28,31)(H,29,32). The first-order chi connectivity index (χ1) is 16.9. The molecule has 4 aromatic rings. The van der Waals surface area contributed by atoms with Crippen LogP contribution in [0, 0.1) is 6.92 Å². The Bertz CT molecular complexity index is 1560. The number of benzene rings is 3. The molecule has 0 atom stereocenters. The molecule has 0 radical (unpaired) electrons. The van der Waals surface area contributed by atoms with Gasteiger partial charge >= 0.3 is 0 Å². The molecule has 0 aliphatic carbocycles. The van der Waals surface area contributed by atoms with E-state index in [9.17, 15) is 13.2 Å². The number of para-hydroxylation sites is 1. The number of pyridine rings is 1. The zero-order chi connectivity index (χ0) is 24.4. The molecule has 0 saturated heterocycles. The quantitative estimate of drug-likeness (QED) is 0.419. The van der Waals surface area contributed by atoms with Crippen LogP contribution < -0.4 is 10.0 Å². The van der Waals surface area contributed by atoms with Crippen molar-refractivity contribution in [1.29, 1.82) is 0 Å². The Labute approximate surface area is 204 Å². The molecule has 2 heterocycles. The lowest BCUT2D eigenvalue weighted by Gasteiger charge is -2.12. The Morgan fingerprint density at radius 1 is 0.943 bits per heavy atom. The molecule has 1 aromatic heterocycles. The van der Waals surface area contributed by atoms with Gasteiger partial charge in [-0.15, -0.1) is 0 Å². The summed E-state index contributed by atoms with van der Waals surface area (Å²) in [6.45, 7) is 2.64. The molecule has 1 amide bonds. The highest BCUT2D eigenvalue weighted by atomic mass is 32.2. The Morgan fingerprint density at radius 3 is 2.51 bits per heavy atom. The number of rotatable bonds is 5. The fourth-order valence-electron chi connectivity index (χ4n) is 4.01. The first kappa shape index (κ1) is 22.7. The molecule has 1 aliphatic rings. The molecule has 7 nitrogen and oxygen atoms in total. The van der Waals surface area contributed by atoms with Crippen LogP contribution in [0.4, 0.5) is 5.69 Å². The average molecular weight is 485 g/mol. The minimum Gasteiger partial charge on any atom is -0.322 e.